The Morgan fingerprint density at radius 2 is 1.93 bits per heavy atom. The van der Waals surface area contributed by atoms with Gasteiger partial charge in [-0.1, -0.05) is 20.8 Å². The number of esters is 1. The molecule has 0 aromatic rings. The summed E-state index contributed by atoms with van der Waals surface area (Å²) >= 11 is 0. The van der Waals surface area contributed by atoms with Crippen LogP contribution < -0.4 is 0 Å². The van der Waals surface area contributed by atoms with Gasteiger partial charge in [-0.3, -0.25) is 4.79 Å². The predicted molar refractivity (Wildman–Crippen MR) is 57.3 cm³/mol. The number of carbonyl (C=O) groups excluding carboxylic acids is 2. The highest BCUT2D eigenvalue weighted by Gasteiger charge is 2.46. The van der Waals surface area contributed by atoms with Crippen LogP contribution in [0, 0.1) is 17.3 Å². The summed E-state index contributed by atoms with van der Waals surface area (Å²) in [5.41, 5.74) is -0.0795. The molecule has 0 aliphatic heterocycles. The van der Waals surface area contributed by atoms with Crippen molar-refractivity contribution in [3.63, 3.8) is 0 Å². The summed E-state index contributed by atoms with van der Waals surface area (Å²) in [4.78, 5) is 23.2. The van der Waals surface area contributed by atoms with Crippen LogP contribution >= 0.6 is 0 Å². The number of ether oxygens (including phenoxy) is 1. The molecule has 0 heterocycles. The molecule has 0 spiro atoms. The lowest BCUT2D eigenvalue weighted by Crippen LogP contribution is -2.34. The third kappa shape index (κ3) is 2.21. The van der Waals surface area contributed by atoms with Crippen molar-refractivity contribution in [3.05, 3.63) is 0 Å². The first kappa shape index (κ1) is 12.2. The molecule has 1 saturated carbocycles. The van der Waals surface area contributed by atoms with Crippen molar-refractivity contribution < 1.29 is 14.3 Å². The van der Waals surface area contributed by atoms with E-state index in [1.54, 1.807) is 6.92 Å². The summed E-state index contributed by atoms with van der Waals surface area (Å²) in [6, 6.07) is 0. The maximum atomic E-state index is 11.8. The molecule has 1 rings (SSSR count). The molecule has 3 heteroatoms. The van der Waals surface area contributed by atoms with E-state index in [1.165, 1.54) is 0 Å². The quantitative estimate of drug-likeness (QED) is 0.532. The maximum absolute atomic E-state index is 11.8. The van der Waals surface area contributed by atoms with E-state index in [0.29, 0.717) is 5.92 Å². The van der Waals surface area contributed by atoms with Gasteiger partial charge in [0.1, 0.15) is 0 Å². The van der Waals surface area contributed by atoms with Crippen LogP contribution in [0.4, 0.5) is 0 Å². The van der Waals surface area contributed by atoms with Crippen LogP contribution in [0.3, 0.4) is 0 Å². The first-order valence-corrected chi connectivity index (χ1v) is 5.62. The Morgan fingerprint density at radius 3 is 2.33 bits per heavy atom. The van der Waals surface area contributed by atoms with Crippen molar-refractivity contribution in [1.29, 1.82) is 0 Å². The van der Waals surface area contributed by atoms with Gasteiger partial charge in [-0.25, -0.2) is 4.79 Å². The van der Waals surface area contributed by atoms with Crippen molar-refractivity contribution in [2.75, 3.05) is 6.61 Å². The third-order valence-electron chi connectivity index (χ3n) is 3.85. The summed E-state index contributed by atoms with van der Waals surface area (Å²) in [5, 5.41) is 0. The van der Waals surface area contributed by atoms with Gasteiger partial charge in [0.05, 0.1) is 6.61 Å². The van der Waals surface area contributed by atoms with E-state index in [4.69, 9.17) is 4.74 Å². The van der Waals surface area contributed by atoms with Crippen LogP contribution in [0.15, 0.2) is 0 Å². The Hall–Kier alpha value is -0.860. The van der Waals surface area contributed by atoms with E-state index >= 15 is 0 Å². The monoisotopic (exact) mass is 212 g/mol. The minimum atomic E-state index is -0.662. The normalized spacial score (nSPS) is 28.8. The molecular formula is C12H20O3. The number of ketones is 1. The lowest BCUT2D eigenvalue weighted by atomic mass is 9.74. The second-order valence-corrected chi connectivity index (χ2v) is 4.94. The van der Waals surface area contributed by atoms with Crippen molar-refractivity contribution in [2.24, 2.45) is 17.3 Å². The predicted octanol–water partition coefficient (Wildman–Crippen LogP) is 2.19. The van der Waals surface area contributed by atoms with E-state index in [9.17, 15) is 9.59 Å². The van der Waals surface area contributed by atoms with Gasteiger partial charge < -0.3 is 4.74 Å². The third-order valence-corrected chi connectivity index (χ3v) is 3.85. The van der Waals surface area contributed by atoms with Gasteiger partial charge in [0.2, 0.25) is 5.78 Å². The van der Waals surface area contributed by atoms with Crippen LogP contribution in [0.5, 0.6) is 0 Å². The Labute approximate surface area is 91.2 Å². The molecule has 3 nitrogen and oxygen atoms in total. The molecule has 86 valence electrons. The van der Waals surface area contributed by atoms with Gasteiger partial charge in [-0.15, -0.1) is 0 Å². The summed E-state index contributed by atoms with van der Waals surface area (Å²) in [6.07, 6.45) is 1.83. The molecule has 2 unspecified atom stereocenters. The Morgan fingerprint density at radius 1 is 1.33 bits per heavy atom. The Balaban J connectivity index is 2.73. The molecular weight excluding hydrogens is 192 g/mol. The molecule has 0 amide bonds. The summed E-state index contributed by atoms with van der Waals surface area (Å²) in [5.74, 6) is -0.677. The molecule has 1 fully saturated rings. The largest absolute Gasteiger partial charge is 0.460 e. The number of Topliss-reactive ketones (excluding diaryl/α,β-unsaturated/α-hetero) is 1. The zero-order valence-electron chi connectivity index (χ0n) is 10.0. The van der Waals surface area contributed by atoms with E-state index in [1.807, 2.05) is 0 Å². The lowest BCUT2D eigenvalue weighted by Gasteiger charge is -2.29. The van der Waals surface area contributed by atoms with Crippen molar-refractivity contribution in [2.45, 2.75) is 40.5 Å². The minimum Gasteiger partial charge on any atom is -0.460 e. The molecule has 0 aromatic heterocycles. The highest BCUT2D eigenvalue weighted by atomic mass is 16.5. The van der Waals surface area contributed by atoms with Crippen molar-refractivity contribution >= 4 is 11.8 Å². The molecule has 0 radical (unpaired) electrons. The number of rotatable bonds is 3. The lowest BCUT2D eigenvalue weighted by molar-refractivity contribution is -0.156. The molecule has 0 N–H and O–H groups in total. The summed E-state index contributed by atoms with van der Waals surface area (Å²) in [7, 11) is 0. The highest BCUT2D eigenvalue weighted by Crippen LogP contribution is 2.47. The molecule has 0 bridgehead atoms. The highest BCUT2D eigenvalue weighted by molar-refractivity contribution is 6.34. The average Bonchev–Trinajstić information content (AvgIpc) is 2.41. The SMILES string of the molecule is CCOC(=O)C(=O)C1CCC(C)C1(C)C. The molecule has 15 heavy (non-hydrogen) atoms. The fourth-order valence-corrected chi connectivity index (χ4v) is 2.32. The van der Waals surface area contributed by atoms with Gasteiger partial charge in [-0.05, 0) is 31.1 Å². The van der Waals surface area contributed by atoms with Gasteiger partial charge in [0.15, 0.2) is 0 Å². The van der Waals surface area contributed by atoms with Crippen LogP contribution in [0.25, 0.3) is 0 Å². The van der Waals surface area contributed by atoms with Crippen LogP contribution in [0.2, 0.25) is 0 Å². The summed E-state index contributed by atoms with van der Waals surface area (Å²) < 4.78 is 4.76. The summed E-state index contributed by atoms with van der Waals surface area (Å²) in [6.45, 7) is 8.25. The smallest absolute Gasteiger partial charge is 0.374 e. The van der Waals surface area contributed by atoms with Crippen LogP contribution in [-0.2, 0) is 14.3 Å². The topological polar surface area (TPSA) is 43.4 Å². The zero-order valence-corrected chi connectivity index (χ0v) is 10.0. The van der Waals surface area contributed by atoms with Gasteiger partial charge >= 0.3 is 5.97 Å². The molecule has 2 atom stereocenters. The van der Waals surface area contributed by atoms with Crippen LogP contribution in [-0.4, -0.2) is 18.4 Å². The van der Waals surface area contributed by atoms with E-state index in [-0.39, 0.29) is 23.7 Å². The molecule has 0 saturated heterocycles. The Kier molecular flexibility index (Phi) is 3.53. The first-order chi connectivity index (χ1) is 6.91. The first-order valence-electron chi connectivity index (χ1n) is 5.62. The number of hydrogen-bond acceptors (Lipinski definition) is 3. The van der Waals surface area contributed by atoms with E-state index in [2.05, 4.69) is 20.8 Å². The maximum Gasteiger partial charge on any atom is 0.374 e. The Bertz CT molecular complexity index is 268. The standard InChI is InChI=1S/C12H20O3/c1-5-15-11(14)10(13)9-7-6-8(2)12(9,3)4/h8-9H,5-7H2,1-4H3. The van der Waals surface area contributed by atoms with Gasteiger partial charge in [-0.2, -0.15) is 0 Å². The second-order valence-electron chi connectivity index (χ2n) is 4.94. The van der Waals surface area contributed by atoms with Crippen molar-refractivity contribution in [1.82, 2.24) is 0 Å². The number of carbonyl (C=O) groups is 2. The fraction of sp³-hybridized carbons (Fsp3) is 0.833. The number of hydrogen-bond donors (Lipinski definition) is 0. The fourth-order valence-electron chi connectivity index (χ4n) is 2.32. The molecule has 1 aliphatic carbocycles. The minimum absolute atomic E-state index is 0.0795. The van der Waals surface area contributed by atoms with Crippen LogP contribution in [0.1, 0.15) is 40.5 Å². The average molecular weight is 212 g/mol. The molecule has 0 aromatic carbocycles. The van der Waals surface area contributed by atoms with E-state index in [0.717, 1.165) is 12.8 Å². The van der Waals surface area contributed by atoms with Gasteiger partial charge in [0, 0.05) is 5.92 Å². The van der Waals surface area contributed by atoms with E-state index < -0.39 is 5.97 Å². The second kappa shape index (κ2) is 4.33. The van der Waals surface area contributed by atoms with Gasteiger partial charge in [0.25, 0.3) is 0 Å². The van der Waals surface area contributed by atoms with Crippen molar-refractivity contribution in [3.8, 4) is 0 Å². The molecule has 1 aliphatic rings. The zero-order chi connectivity index (χ0) is 11.6.